The number of carbonyl (C=O) groups is 2. The van der Waals surface area contributed by atoms with Crippen molar-refractivity contribution in [1.82, 2.24) is 9.88 Å². The Balaban J connectivity index is 1.81. The number of benzene rings is 1. The van der Waals surface area contributed by atoms with Crippen molar-refractivity contribution in [1.29, 1.82) is 0 Å². The molecular formula is C20H21ClN2O3. The van der Waals surface area contributed by atoms with Gasteiger partial charge in [0.05, 0.1) is 16.5 Å². The second kappa shape index (κ2) is 5.95. The van der Waals surface area contributed by atoms with Crippen molar-refractivity contribution in [2.24, 2.45) is 5.41 Å². The number of hydrogen-bond acceptors (Lipinski definition) is 3. The van der Waals surface area contributed by atoms with Crippen LogP contribution in [0.5, 0.6) is 0 Å². The number of aliphatic carboxylic acids is 1. The lowest BCUT2D eigenvalue weighted by Crippen LogP contribution is -2.44. The molecule has 26 heavy (non-hydrogen) atoms. The normalized spacial score (nSPS) is 27.3. The minimum atomic E-state index is -0.825. The quantitative estimate of drug-likeness (QED) is 0.882. The molecule has 6 heteroatoms. The van der Waals surface area contributed by atoms with Gasteiger partial charge in [0.25, 0.3) is 5.91 Å². The molecule has 0 saturated carbocycles. The Bertz CT molecular complexity index is 929. The highest BCUT2D eigenvalue weighted by Gasteiger charge is 2.60. The molecule has 2 fully saturated rings. The molecule has 5 nitrogen and oxygen atoms in total. The van der Waals surface area contributed by atoms with E-state index >= 15 is 0 Å². The van der Waals surface area contributed by atoms with Crippen molar-refractivity contribution >= 4 is 34.4 Å². The van der Waals surface area contributed by atoms with Crippen molar-refractivity contribution in [3.8, 4) is 0 Å². The van der Waals surface area contributed by atoms with E-state index in [2.05, 4.69) is 4.98 Å². The predicted octanol–water partition coefficient (Wildman–Crippen LogP) is 4.05. The van der Waals surface area contributed by atoms with Gasteiger partial charge >= 0.3 is 5.97 Å². The van der Waals surface area contributed by atoms with Crippen LogP contribution in [0.1, 0.15) is 48.7 Å². The van der Waals surface area contributed by atoms with Gasteiger partial charge in [-0.05, 0) is 56.9 Å². The summed E-state index contributed by atoms with van der Waals surface area (Å²) in [4.78, 5) is 31.8. The van der Waals surface area contributed by atoms with E-state index in [-0.39, 0.29) is 18.0 Å². The predicted molar refractivity (Wildman–Crippen MR) is 99.4 cm³/mol. The fourth-order valence-corrected chi connectivity index (χ4v) is 5.07. The van der Waals surface area contributed by atoms with E-state index in [1.165, 1.54) is 0 Å². The summed E-state index contributed by atoms with van der Waals surface area (Å²) < 4.78 is 0. The number of halogens is 1. The fraction of sp³-hybridized carbons (Fsp3) is 0.450. The molecule has 0 unspecified atom stereocenters. The minimum Gasteiger partial charge on any atom is -0.481 e. The van der Waals surface area contributed by atoms with Gasteiger partial charge in [0.15, 0.2) is 0 Å². The summed E-state index contributed by atoms with van der Waals surface area (Å²) >= 11 is 6.14. The number of nitrogens with zero attached hydrogens (tertiary/aromatic N) is 2. The smallest absolute Gasteiger partial charge is 0.311 e. The molecule has 2 aromatic rings. The van der Waals surface area contributed by atoms with Crippen LogP contribution >= 0.6 is 11.6 Å². The van der Waals surface area contributed by atoms with Crippen molar-refractivity contribution in [2.45, 2.75) is 51.6 Å². The standard InChI is InChI=1S/C20H21ClN2O3/c1-3-20(19(25)26)10-13-5-7-17(20)23(13)18(24)15-8-11(2)22-16-6-4-12(21)9-14(15)16/h4,6,8-9,13,17H,3,5,7,10H2,1-2H3,(H,25,26)/t13-,17+,20+/m0/s1. The Labute approximate surface area is 157 Å². The lowest BCUT2D eigenvalue weighted by Gasteiger charge is -2.32. The van der Waals surface area contributed by atoms with E-state index < -0.39 is 11.4 Å². The summed E-state index contributed by atoms with van der Waals surface area (Å²) in [6.07, 6.45) is 2.70. The summed E-state index contributed by atoms with van der Waals surface area (Å²) in [6.45, 7) is 3.76. The van der Waals surface area contributed by atoms with Crippen LogP contribution in [0.2, 0.25) is 5.02 Å². The number of carbonyl (C=O) groups excluding carboxylic acids is 1. The summed E-state index contributed by atoms with van der Waals surface area (Å²) in [7, 11) is 0. The molecule has 1 aromatic carbocycles. The first-order valence-corrected chi connectivity index (χ1v) is 9.38. The van der Waals surface area contributed by atoms with E-state index in [9.17, 15) is 14.7 Å². The van der Waals surface area contributed by atoms with E-state index in [0.29, 0.717) is 23.4 Å². The van der Waals surface area contributed by atoms with Gasteiger partial charge in [-0.15, -0.1) is 0 Å². The van der Waals surface area contributed by atoms with Crippen LogP contribution < -0.4 is 0 Å². The third-order valence-corrected chi connectivity index (χ3v) is 6.40. The van der Waals surface area contributed by atoms with Crippen LogP contribution in [0.25, 0.3) is 10.9 Å². The minimum absolute atomic E-state index is 0.00810. The summed E-state index contributed by atoms with van der Waals surface area (Å²) in [6, 6.07) is 6.87. The summed E-state index contributed by atoms with van der Waals surface area (Å²) in [5.41, 5.74) is 1.22. The topological polar surface area (TPSA) is 70.5 Å². The summed E-state index contributed by atoms with van der Waals surface area (Å²) in [5.74, 6) is -0.893. The third-order valence-electron chi connectivity index (χ3n) is 6.16. The second-order valence-corrected chi connectivity index (χ2v) is 7.89. The molecule has 1 N–H and O–H groups in total. The molecule has 0 spiro atoms. The highest BCUT2D eigenvalue weighted by Crippen LogP contribution is 2.52. The molecule has 2 bridgehead atoms. The molecule has 1 aromatic heterocycles. The number of fused-ring (bicyclic) bond motifs is 3. The van der Waals surface area contributed by atoms with E-state index in [0.717, 1.165) is 29.4 Å². The Morgan fingerprint density at radius 1 is 1.35 bits per heavy atom. The molecule has 0 radical (unpaired) electrons. The Hall–Kier alpha value is -2.14. The van der Waals surface area contributed by atoms with Gasteiger partial charge in [-0.3, -0.25) is 14.6 Å². The molecule has 1 amide bonds. The van der Waals surface area contributed by atoms with Crippen LogP contribution in [0.4, 0.5) is 0 Å². The van der Waals surface area contributed by atoms with Crippen LogP contribution in [0.3, 0.4) is 0 Å². The Morgan fingerprint density at radius 3 is 2.77 bits per heavy atom. The van der Waals surface area contributed by atoms with Gasteiger partial charge in [-0.2, -0.15) is 0 Å². The van der Waals surface area contributed by atoms with Gasteiger partial charge in [0.1, 0.15) is 0 Å². The molecule has 136 valence electrons. The van der Waals surface area contributed by atoms with E-state index in [4.69, 9.17) is 11.6 Å². The van der Waals surface area contributed by atoms with Crippen molar-refractivity contribution < 1.29 is 14.7 Å². The lowest BCUT2D eigenvalue weighted by molar-refractivity contribution is -0.151. The molecule has 3 atom stereocenters. The number of hydrogen-bond donors (Lipinski definition) is 1. The molecule has 3 heterocycles. The van der Waals surface area contributed by atoms with Crippen LogP contribution in [0, 0.1) is 12.3 Å². The first-order chi connectivity index (χ1) is 12.4. The highest BCUT2D eigenvalue weighted by molar-refractivity contribution is 6.31. The molecule has 0 aliphatic carbocycles. The van der Waals surface area contributed by atoms with Gasteiger partial charge < -0.3 is 10.0 Å². The van der Waals surface area contributed by atoms with Gasteiger partial charge in [-0.1, -0.05) is 18.5 Å². The molecule has 4 rings (SSSR count). The third kappa shape index (κ3) is 2.33. The SMILES string of the molecule is CC[C@@]1(C(=O)O)C[C@@H]2CC[C@H]1N2C(=O)c1cc(C)nc2ccc(Cl)cc12. The summed E-state index contributed by atoms with van der Waals surface area (Å²) in [5, 5.41) is 11.1. The largest absolute Gasteiger partial charge is 0.481 e. The molecule has 2 aliphatic heterocycles. The fourth-order valence-electron chi connectivity index (χ4n) is 4.90. The number of amides is 1. The Morgan fingerprint density at radius 2 is 2.12 bits per heavy atom. The molecule has 2 aliphatic rings. The van der Waals surface area contributed by atoms with Gasteiger partial charge in [0, 0.05) is 28.2 Å². The van der Waals surface area contributed by atoms with Crippen LogP contribution in [-0.4, -0.2) is 39.0 Å². The van der Waals surface area contributed by atoms with Gasteiger partial charge in [0.2, 0.25) is 0 Å². The zero-order valence-corrected chi connectivity index (χ0v) is 15.6. The van der Waals surface area contributed by atoms with Crippen molar-refractivity contribution in [3.05, 3.63) is 40.5 Å². The first-order valence-electron chi connectivity index (χ1n) is 9.00. The number of aryl methyl sites for hydroxylation is 1. The van der Waals surface area contributed by atoms with Crippen LogP contribution in [-0.2, 0) is 4.79 Å². The average Bonchev–Trinajstić information content (AvgIpc) is 3.17. The van der Waals surface area contributed by atoms with Crippen molar-refractivity contribution in [3.63, 3.8) is 0 Å². The van der Waals surface area contributed by atoms with Crippen molar-refractivity contribution in [2.75, 3.05) is 0 Å². The maximum Gasteiger partial charge on any atom is 0.311 e. The monoisotopic (exact) mass is 372 g/mol. The number of aromatic nitrogens is 1. The highest BCUT2D eigenvalue weighted by atomic mass is 35.5. The number of carboxylic acids is 1. The number of carboxylic acid groups (broad SMARTS) is 1. The second-order valence-electron chi connectivity index (χ2n) is 7.45. The lowest BCUT2D eigenvalue weighted by atomic mass is 9.72. The zero-order chi connectivity index (χ0) is 18.6. The maximum absolute atomic E-state index is 13.5. The molecular weight excluding hydrogens is 352 g/mol. The zero-order valence-electron chi connectivity index (χ0n) is 14.8. The Kier molecular flexibility index (Phi) is 3.95. The van der Waals surface area contributed by atoms with E-state index in [1.807, 2.05) is 24.8 Å². The number of rotatable bonds is 3. The van der Waals surface area contributed by atoms with Gasteiger partial charge in [-0.25, -0.2) is 0 Å². The van der Waals surface area contributed by atoms with E-state index in [1.54, 1.807) is 18.2 Å². The first kappa shape index (κ1) is 17.3. The maximum atomic E-state index is 13.5. The average molecular weight is 373 g/mol. The molecule has 2 saturated heterocycles. The number of pyridine rings is 1. The van der Waals surface area contributed by atoms with Crippen LogP contribution in [0.15, 0.2) is 24.3 Å².